The number of carboxylic acids is 1. The first kappa shape index (κ1) is 18.9. The van der Waals surface area contributed by atoms with Crippen molar-refractivity contribution in [3.63, 3.8) is 0 Å². The van der Waals surface area contributed by atoms with Crippen LogP contribution in [-0.2, 0) is 4.79 Å². The number of piperidine rings is 1. The summed E-state index contributed by atoms with van der Waals surface area (Å²) in [5, 5.41) is 9.62. The van der Waals surface area contributed by atoms with E-state index >= 15 is 0 Å². The first-order valence-corrected chi connectivity index (χ1v) is 10.1. The minimum absolute atomic E-state index is 0.0119. The van der Waals surface area contributed by atoms with Crippen LogP contribution in [0.15, 0.2) is 18.2 Å². The molecular weight excluding hydrogens is 326 g/mol. The third kappa shape index (κ3) is 4.11. The number of nitrogens with zero attached hydrogens (tertiary/aromatic N) is 1. The van der Waals surface area contributed by atoms with Crippen molar-refractivity contribution in [3.05, 3.63) is 34.9 Å². The lowest BCUT2D eigenvalue weighted by Gasteiger charge is -2.36. The van der Waals surface area contributed by atoms with Gasteiger partial charge in [-0.25, -0.2) is 4.79 Å². The Morgan fingerprint density at radius 2 is 1.73 bits per heavy atom. The maximum Gasteiger partial charge on any atom is 0.335 e. The molecule has 3 rings (SSSR count). The summed E-state index contributed by atoms with van der Waals surface area (Å²) in [6.07, 6.45) is 9.37. The second-order valence-corrected chi connectivity index (χ2v) is 8.10. The van der Waals surface area contributed by atoms with E-state index in [0.29, 0.717) is 17.4 Å². The van der Waals surface area contributed by atoms with Gasteiger partial charge >= 0.3 is 5.97 Å². The van der Waals surface area contributed by atoms with Crippen molar-refractivity contribution in [1.29, 1.82) is 0 Å². The number of rotatable bonds is 4. The van der Waals surface area contributed by atoms with Crippen molar-refractivity contribution < 1.29 is 14.7 Å². The lowest BCUT2D eigenvalue weighted by Crippen LogP contribution is -2.37. The number of carbonyl (C=O) groups is 2. The molecule has 2 aliphatic rings. The van der Waals surface area contributed by atoms with Crippen LogP contribution in [0.25, 0.3) is 0 Å². The molecule has 2 atom stereocenters. The van der Waals surface area contributed by atoms with E-state index in [0.717, 1.165) is 36.9 Å². The molecule has 0 aromatic heterocycles. The highest BCUT2D eigenvalue weighted by molar-refractivity contribution is 5.88. The summed E-state index contributed by atoms with van der Waals surface area (Å²) < 4.78 is 0. The van der Waals surface area contributed by atoms with Crippen molar-refractivity contribution in [1.82, 2.24) is 4.90 Å². The van der Waals surface area contributed by atoms with Crippen molar-refractivity contribution in [2.75, 3.05) is 6.54 Å². The maximum absolute atomic E-state index is 12.1. The number of likely N-dealkylation sites (tertiary alicyclic amines) is 1. The summed E-state index contributed by atoms with van der Waals surface area (Å²) >= 11 is 0. The fraction of sp³-hybridized carbons (Fsp3) is 0.636. The Labute approximate surface area is 156 Å². The monoisotopic (exact) mass is 357 g/mol. The molecule has 1 N–H and O–H groups in total. The van der Waals surface area contributed by atoms with Gasteiger partial charge in [0, 0.05) is 13.5 Å². The Hall–Kier alpha value is -1.84. The van der Waals surface area contributed by atoms with E-state index in [4.69, 9.17) is 0 Å². The van der Waals surface area contributed by atoms with E-state index in [1.807, 2.05) is 11.0 Å². The summed E-state index contributed by atoms with van der Waals surface area (Å²) in [6.45, 7) is 4.63. The van der Waals surface area contributed by atoms with E-state index in [9.17, 15) is 14.7 Å². The zero-order valence-electron chi connectivity index (χ0n) is 16.0. The highest BCUT2D eigenvalue weighted by Gasteiger charge is 2.28. The van der Waals surface area contributed by atoms with Gasteiger partial charge in [0.2, 0.25) is 5.91 Å². The molecule has 26 heavy (non-hydrogen) atoms. The average Bonchev–Trinajstić information content (AvgIpc) is 2.67. The standard InChI is InChI=1S/C22H31NO3/c1-15(17-8-4-3-5-9-17)18-12-19(14-20(13-18)22(25)26)21-10-6-7-11-23(21)16(2)24/h12-15,17,21H,3-11H2,1-2H3,(H,25,26). The van der Waals surface area contributed by atoms with Crippen LogP contribution < -0.4 is 0 Å². The normalized spacial score (nSPS) is 22.8. The van der Waals surface area contributed by atoms with Gasteiger partial charge in [-0.15, -0.1) is 0 Å². The zero-order valence-corrected chi connectivity index (χ0v) is 16.0. The molecule has 2 unspecified atom stereocenters. The molecule has 142 valence electrons. The van der Waals surface area contributed by atoms with Crippen LogP contribution in [0.2, 0.25) is 0 Å². The molecule has 1 aromatic rings. The highest BCUT2D eigenvalue weighted by atomic mass is 16.4. The van der Waals surface area contributed by atoms with Crippen LogP contribution in [0.4, 0.5) is 0 Å². The number of aromatic carboxylic acids is 1. The van der Waals surface area contributed by atoms with Gasteiger partial charge in [-0.1, -0.05) is 32.3 Å². The lowest BCUT2D eigenvalue weighted by molar-refractivity contribution is -0.132. The van der Waals surface area contributed by atoms with Crippen molar-refractivity contribution in [3.8, 4) is 0 Å². The van der Waals surface area contributed by atoms with Crippen LogP contribution in [0.5, 0.6) is 0 Å². The topological polar surface area (TPSA) is 57.6 Å². The SMILES string of the molecule is CC(=O)N1CCCCC1c1cc(C(=O)O)cc(C(C)C2CCCCC2)c1. The largest absolute Gasteiger partial charge is 0.478 e. The maximum atomic E-state index is 12.1. The lowest BCUT2D eigenvalue weighted by atomic mass is 9.77. The Balaban J connectivity index is 1.95. The van der Waals surface area contributed by atoms with Crippen LogP contribution in [0.1, 0.15) is 98.7 Å². The Morgan fingerprint density at radius 3 is 2.38 bits per heavy atom. The molecule has 1 saturated carbocycles. The predicted molar refractivity (Wildman–Crippen MR) is 102 cm³/mol. The Bertz CT molecular complexity index is 663. The van der Waals surface area contributed by atoms with E-state index < -0.39 is 5.97 Å². The number of hydrogen-bond acceptors (Lipinski definition) is 2. The van der Waals surface area contributed by atoms with Gasteiger partial charge in [0.05, 0.1) is 11.6 Å². The quantitative estimate of drug-likeness (QED) is 0.811. The van der Waals surface area contributed by atoms with Crippen molar-refractivity contribution in [2.45, 2.75) is 77.2 Å². The Kier molecular flexibility index (Phi) is 6.00. The molecule has 1 amide bonds. The van der Waals surface area contributed by atoms with Gasteiger partial charge in [-0.3, -0.25) is 4.79 Å². The molecule has 2 fully saturated rings. The predicted octanol–water partition coefficient (Wildman–Crippen LogP) is 5.14. The smallest absolute Gasteiger partial charge is 0.335 e. The van der Waals surface area contributed by atoms with Crippen LogP contribution >= 0.6 is 0 Å². The molecule has 1 aliphatic heterocycles. The molecule has 0 bridgehead atoms. The number of carbonyl (C=O) groups excluding carboxylic acids is 1. The van der Waals surface area contributed by atoms with Gasteiger partial charge in [0.25, 0.3) is 0 Å². The number of benzene rings is 1. The third-order valence-corrected chi connectivity index (χ3v) is 6.40. The molecule has 4 heteroatoms. The van der Waals surface area contributed by atoms with Crippen LogP contribution in [0.3, 0.4) is 0 Å². The average molecular weight is 357 g/mol. The summed E-state index contributed by atoms with van der Waals surface area (Å²) in [4.78, 5) is 25.7. The fourth-order valence-corrected chi connectivity index (χ4v) is 4.82. The summed E-state index contributed by atoms with van der Waals surface area (Å²) in [5.41, 5.74) is 2.48. The van der Waals surface area contributed by atoms with E-state index in [1.165, 1.54) is 32.1 Å². The molecule has 4 nitrogen and oxygen atoms in total. The van der Waals surface area contributed by atoms with E-state index in [-0.39, 0.29) is 11.9 Å². The molecule has 1 saturated heterocycles. The second kappa shape index (κ2) is 8.24. The van der Waals surface area contributed by atoms with Crippen molar-refractivity contribution >= 4 is 11.9 Å². The van der Waals surface area contributed by atoms with Gasteiger partial charge in [0.1, 0.15) is 0 Å². The van der Waals surface area contributed by atoms with Crippen LogP contribution in [0, 0.1) is 5.92 Å². The summed E-state index contributed by atoms with van der Waals surface area (Å²) in [7, 11) is 0. The van der Waals surface area contributed by atoms with Gasteiger partial charge < -0.3 is 10.0 Å². The minimum Gasteiger partial charge on any atom is -0.478 e. The first-order chi connectivity index (χ1) is 12.5. The summed E-state index contributed by atoms with van der Waals surface area (Å²) in [5.74, 6) is 0.199. The van der Waals surface area contributed by atoms with E-state index in [1.54, 1.807) is 13.0 Å². The molecule has 1 heterocycles. The Morgan fingerprint density at radius 1 is 1.04 bits per heavy atom. The van der Waals surface area contributed by atoms with E-state index in [2.05, 4.69) is 13.0 Å². The molecule has 0 spiro atoms. The van der Waals surface area contributed by atoms with Crippen molar-refractivity contribution in [2.24, 2.45) is 5.92 Å². The third-order valence-electron chi connectivity index (χ3n) is 6.40. The minimum atomic E-state index is -0.880. The molecule has 1 aliphatic carbocycles. The van der Waals surface area contributed by atoms with Gasteiger partial charge in [0.15, 0.2) is 0 Å². The second-order valence-electron chi connectivity index (χ2n) is 8.10. The van der Waals surface area contributed by atoms with Gasteiger partial charge in [-0.2, -0.15) is 0 Å². The molecule has 1 aromatic carbocycles. The number of carboxylic acid groups (broad SMARTS) is 1. The first-order valence-electron chi connectivity index (χ1n) is 10.1. The number of hydrogen-bond donors (Lipinski definition) is 1. The highest BCUT2D eigenvalue weighted by Crippen LogP contribution is 2.38. The number of amides is 1. The van der Waals surface area contributed by atoms with Gasteiger partial charge in [-0.05, 0) is 67.2 Å². The van der Waals surface area contributed by atoms with Crippen LogP contribution in [-0.4, -0.2) is 28.4 Å². The summed E-state index contributed by atoms with van der Waals surface area (Å²) in [6, 6.07) is 5.83. The molecular formula is C22H31NO3. The zero-order chi connectivity index (χ0) is 18.7. The fourth-order valence-electron chi connectivity index (χ4n) is 4.82. The molecule has 0 radical (unpaired) electrons.